The second kappa shape index (κ2) is 8.39. The van der Waals surface area contributed by atoms with Gasteiger partial charge in [-0.15, -0.1) is 0 Å². The number of hydrogen-bond donors (Lipinski definition) is 1. The van der Waals surface area contributed by atoms with Crippen LogP contribution in [0.25, 0.3) is 11.1 Å². The average Bonchev–Trinajstić information content (AvgIpc) is 3.37. The third-order valence-corrected chi connectivity index (χ3v) is 5.54. The minimum absolute atomic E-state index is 0.172. The van der Waals surface area contributed by atoms with Crippen LogP contribution in [-0.4, -0.2) is 52.8 Å². The molecular weight excluding hydrogens is 441 g/mol. The lowest BCUT2D eigenvalue weighted by Gasteiger charge is -2.18. The van der Waals surface area contributed by atoms with E-state index in [4.69, 9.17) is 14.6 Å². The van der Waals surface area contributed by atoms with Gasteiger partial charge < -0.3 is 19.5 Å². The smallest absolute Gasteiger partial charge is 0.413 e. The van der Waals surface area contributed by atoms with E-state index in [1.54, 1.807) is 19.2 Å². The molecule has 1 aromatic carbocycles. The fourth-order valence-corrected chi connectivity index (χ4v) is 3.91. The van der Waals surface area contributed by atoms with E-state index in [1.165, 1.54) is 25.3 Å². The fraction of sp³-hybridized carbons (Fsp3) is 0.318. The van der Waals surface area contributed by atoms with Gasteiger partial charge in [-0.2, -0.15) is 18.3 Å². The van der Waals surface area contributed by atoms with Crippen LogP contribution in [0.15, 0.2) is 36.8 Å². The molecule has 4 rings (SSSR count). The van der Waals surface area contributed by atoms with Gasteiger partial charge in [0.15, 0.2) is 11.8 Å². The van der Waals surface area contributed by atoms with Crippen LogP contribution in [0.1, 0.15) is 27.5 Å². The molecule has 33 heavy (non-hydrogen) atoms. The second-order valence-electron chi connectivity index (χ2n) is 7.57. The molecular formula is C22H21F3N4O4. The van der Waals surface area contributed by atoms with Crippen LogP contribution < -0.4 is 14.4 Å². The van der Waals surface area contributed by atoms with Gasteiger partial charge in [0.25, 0.3) is 11.8 Å². The Morgan fingerprint density at radius 3 is 2.55 bits per heavy atom. The van der Waals surface area contributed by atoms with E-state index >= 15 is 0 Å². The van der Waals surface area contributed by atoms with Gasteiger partial charge in [0.1, 0.15) is 0 Å². The quantitative estimate of drug-likeness (QED) is 0.603. The van der Waals surface area contributed by atoms with Crippen molar-refractivity contribution in [1.82, 2.24) is 14.8 Å². The van der Waals surface area contributed by atoms with Crippen LogP contribution in [0.4, 0.5) is 18.9 Å². The summed E-state index contributed by atoms with van der Waals surface area (Å²) in [6, 6.07) is 3.28. The monoisotopic (exact) mass is 462 g/mol. The highest BCUT2D eigenvalue weighted by molar-refractivity contribution is 6.11. The van der Waals surface area contributed by atoms with Crippen molar-refractivity contribution >= 4 is 11.6 Å². The molecule has 0 bridgehead atoms. The molecule has 0 spiro atoms. The number of anilines is 1. The Morgan fingerprint density at radius 2 is 1.91 bits per heavy atom. The number of aliphatic hydroxyl groups excluding tert-OH is 1. The summed E-state index contributed by atoms with van der Waals surface area (Å²) >= 11 is 0. The third-order valence-electron chi connectivity index (χ3n) is 5.54. The Kier molecular flexibility index (Phi) is 5.75. The van der Waals surface area contributed by atoms with E-state index in [1.807, 2.05) is 12.1 Å². The number of aliphatic hydroxyl groups is 1. The number of carbonyl (C=O) groups is 1. The second-order valence-corrected chi connectivity index (χ2v) is 7.57. The van der Waals surface area contributed by atoms with Crippen molar-refractivity contribution in [2.75, 3.05) is 25.7 Å². The van der Waals surface area contributed by atoms with E-state index in [2.05, 4.69) is 10.1 Å². The Hall–Kier alpha value is -3.60. The standard InChI is InChI=1S/C22H21F3N4O4/c1-12-4-13(14-6-17(32-2)20(33-3)26-7-14)5-15-9-28(21(31)19(12)15)16-8-27-29(10-16)18(11-30)22(23,24)25/h4-8,10,18,30H,9,11H2,1-3H3/t18-/m0/s1. The van der Waals surface area contributed by atoms with E-state index in [9.17, 15) is 18.0 Å². The molecule has 174 valence electrons. The number of aromatic nitrogens is 3. The molecule has 1 aliphatic heterocycles. The summed E-state index contributed by atoms with van der Waals surface area (Å²) in [7, 11) is 3.00. The normalized spacial score (nSPS) is 14.4. The maximum atomic E-state index is 13.1. The number of hydrogen-bond acceptors (Lipinski definition) is 6. The van der Waals surface area contributed by atoms with Crippen molar-refractivity contribution in [1.29, 1.82) is 0 Å². The van der Waals surface area contributed by atoms with E-state index in [0.717, 1.165) is 28.5 Å². The van der Waals surface area contributed by atoms with Crippen molar-refractivity contribution in [3.8, 4) is 22.8 Å². The zero-order valence-corrected chi connectivity index (χ0v) is 18.1. The number of fused-ring (bicyclic) bond motifs is 1. The zero-order valence-electron chi connectivity index (χ0n) is 18.1. The number of alkyl halides is 3. The van der Waals surface area contributed by atoms with Crippen molar-refractivity contribution in [3.05, 3.63) is 53.5 Å². The molecule has 2 aromatic heterocycles. The van der Waals surface area contributed by atoms with Gasteiger partial charge in [0.05, 0.1) is 39.3 Å². The van der Waals surface area contributed by atoms with Gasteiger partial charge in [-0.1, -0.05) is 6.07 Å². The van der Waals surface area contributed by atoms with Gasteiger partial charge in [0.2, 0.25) is 0 Å². The lowest BCUT2D eigenvalue weighted by atomic mass is 9.97. The summed E-state index contributed by atoms with van der Waals surface area (Å²) < 4.78 is 50.5. The maximum Gasteiger partial charge on any atom is 0.413 e. The van der Waals surface area contributed by atoms with Gasteiger partial charge in [-0.05, 0) is 35.7 Å². The summed E-state index contributed by atoms with van der Waals surface area (Å²) in [6.45, 7) is 0.818. The molecule has 0 saturated heterocycles. The first kappa shape index (κ1) is 22.6. The molecule has 11 heteroatoms. The van der Waals surface area contributed by atoms with Gasteiger partial charge in [0, 0.05) is 23.5 Å². The van der Waals surface area contributed by atoms with Gasteiger partial charge in [-0.3, -0.25) is 9.48 Å². The molecule has 1 atom stereocenters. The highest BCUT2D eigenvalue weighted by Gasteiger charge is 2.42. The highest BCUT2D eigenvalue weighted by atomic mass is 19.4. The van der Waals surface area contributed by atoms with Crippen molar-refractivity contribution < 1.29 is 32.5 Å². The summed E-state index contributed by atoms with van der Waals surface area (Å²) in [6.07, 6.45) is -0.735. The van der Waals surface area contributed by atoms with E-state index in [0.29, 0.717) is 21.9 Å². The number of halogens is 3. The lowest BCUT2D eigenvalue weighted by molar-refractivity contribution is -0.178. The number of amides is 1. The maximum absolute atomic E-state index is 13.1. The Labute approximate surface area is 187 Å². The molecule has 0 aliphatic carbocycles. The molecule has 1 aliphatic rings. The number of benzene rings is 1. The summed E-state index contributed by atoms with van der Waals surface area (Å²) in [5.41, 5.74) is 3.73. The summed E-state index contributed by atoms with van der Waals surface area (Å²) in [5.74, 6) is 0.477. The first-order chi connectivity index (χ1) is 15.7. The molecule has 1 N–H and O–H groups in total. The number of rotatable bonds is 6. The predicted molar refractivity (Wildman–Crippen MR) is 112 cm³/mol. The van der Waals surface area contributed by atoms with E-state index in [-0.39, 0.29) is 18.1 Å². The van der Waals surface area contributed by atoms with Crippen LogP contribution in [0.2, 0.25) is 0 Å². The number of aryl methyl sites for hydroxylation is 1. The number of nitrogens with zero attached hydrogens (tertiary/aromatic N) is 4. The van der Waals surface area contributed by atoms with Crippen LogP contribution in [0, 0.1) is 6.92 Å². The summed E-state index contributed by atoms with van der Waals surface area (Å²) in [5, 5.41) is 12.9. The minimum atomic E-state index is -4.67. The number of methoxy groups -OCH3 is 2. The van der Waals surface area contributed by atoms with Crippen LogP contribution in [-0.2, 0) is 6.54 Å². The predicted octanol–water partition coefficient (Wildman–Crippen LogP) is 3.53. The van der Waals surface area contributed by atoms with Crippen LogP contribution >= 0.6 is 0 Å². The first-order valence-corrected chi connectivity index (χ1v) is 9.93. The molecule has 3 heterocycles. The van der Waals surface area contributed by atoms with Crippen LogP contribution in [0.3, 0.4) is 0 Å². The highest BCUT2D eigenvalue weighted by Crippen LogP contribution is 2.37. The SMILES string of the molecule is COc1cc(-c2cc(C)c3c(c2)CN(c2cnn([C@@H](CO)C(F)(F)F)c2)C3=O)cnc1OC. The fourth-order valence-electron chi connectivity index (χ4n) is 3.91. The van der Waals surface area contributed by atoms with Crippen molar-refractivity contribution in [2.45, 2.75) is 25.7 Å². The van der Waals surface area contributed by atoms with Crippen molar-refractivity contribution in [2.24, 2.45) is 0 Å². The van der Waals surface area contributed by atoms with Crippen LogP contribution in [0.5, 0.6) is 11.6 Å². The molecule has 0 saturated carbocycles. The average molecular weight is 462 g/mol. The lowest BCUT2D eigenvalue weighted by Crippen LogP contribution is -2.30. The zero-order chi connectivity index (χ0) is 23.9. The number of carbonyl (C=O) groups excluding carboxylic acids is 1. The molecule has 0 unspecified atom stereocenters. The number of ether oxygens (including phenoxy) is 2. The molecule has 1 amide bonds. The largest absolute Gasteiger partial charge is 0.491 e. The summed E-state index contributed by atoms with van der Waals surface area (Å²) in [4.78, 5) is 18.7. The Bertz CT molecular complexity index is 1210. The number of pyridine rings is 1. The molecule has 0 fully saturated rings. The Morgan fingerprint density at radius 1 is 1.15 bits per heavy atom. The molecule has 0 radical (unpaired) electrons. The molecule has 8 nitrogen and oxygen atoms in total. The minimum Gasteiger partial charge on any atom is -0.491 e. The van der Waals surface area contributed by atoms with Gasteiger partial charge in [-0.25, -0.2) is 4.98 Å². The van der Waals surface area contributed by atoms with Gasteiger partial charge >= 0.3 is 6.18 Å². The Balaban J connectivity index is 1.66. The van der Waals surface area contributed by atoms with Crippen molar-refractivity contribution in [3.63, 3.8) is 0 Å². The molecule has 3 aromatic rings. The topological polar surface area (TPSA) is 89.7 Å². The van der Waals surface area contributed by atoms with E-state index < -0.39 is 18.8 Å². The first-order valence-electron chi connectivity index (χ1n) is 9.93. The third kappa shape index (κ3) is 3.99.